The van der Waals surface area contributed by atoms with Gasteiger partial charge >= 0.3 is 0 Å². The Labute approximate surface area is 112 Å². The van der Waals surface area contributed by atoms with Gasteiger partial charge in [-0.1, -0.05) is 5.16 Å². The van der Waals surface area contributed by atoms with Crippen molar-refractivity contribution in [3.63, 3.8) is 0 Å². The van der Waals surface area contributed by atoms with Crippen molar-refractivity contribution in [1.29, 1.82) is 0 Å². The van der Waals surface area contributed by atoms with E-state index in [1.807, 2.05) is 6.07 Å². The van der Waals surface area contributed by atoms with Crippen LogP contribution in [0.2, 0.25) is 0 Å². The van der Waals surface area contributed by atoms with Crippen molar-refractivity contribution in [2.24, 2.45) is 10.9 Å². The number of ether oxygens (including phenoxy) is 1. The Bertz CT molecular complexity index is 470. The molecule has 0 aromatic carbocycles. The molecule has 0 radical (unpaired) electrons. The van der Waals surface area contributed by atoms with E-state index in [0.29, 0.717) is 5.69 Å². The minimum atomic E-state index is -0.179. The summed E-state index contributed by atoms with van der Waals surface area (Å²) in [5, 5.41) is 11.5. The van der Waals surface area contributed by atoms with Crippen molar-refractivity contribution in [1.82, 2.24) is 4.98 Å². The van der Waals surface area contributed by atoms with E-state index in [-0.39, 0.29) is 17.5 Å². The summed E-state index contributed by atoms with van der Waals surface area (Å²) in [7, 11) is 0. The second-order valence-corrected chi connectivity index (χ2v) is 5.46. The maximum absolute atomic E-state index is 8.61. The molecule has 0 amide bonds. The van der Waals surface area contributed by atoms with Crippen LogP contribution in [0.4, 0.5) is 5.69 Å². The van der Waals surface area contributed by atoms with Crippen LogP contribution in [-0.2, 0) is 4.74 Å². The predicted molar refractivity (Wildman–Crippen MR) is 73.6 cm³/mol. The highest BCUT2D eigenvalue weighted by molar-refractivity contribution is 5.95. The number of rotatable bonds is 2. The number of hydrogen-bond acceptors (Lipinski definition) is 5. The molecule has 6 nitrogen and oxygen atoms in total. The number of hydrogen-bond donors (Lipinski definition) is 2. The lowest BCUT2D eigenvalue weighted by molar-refractivity contribution is -0.0749. The Morgan fingerprint density at radius 2 is 2.32 bits per heavy atom. The zero-order chi connectivity index (χ0) is 14.0. The van der Waals surface area contributed by atoms with Crippen molar-refractivity contribution >= 4 is 11.5 Å². The normalized spacial score (nSPS) is 23.4. The van der Waals surface area contributed by atoms with Gasteiger partial charge in [-0.25, -0.2) is 0 Å². The molecule has 6 heteroatoms. The smallest absolute Gasteiger partial charge is 0.188 e. The third-order valence-electron chi connectivity index (χ3n) is 3.05. The van der Waals surface area contributed by atoms with Gasteiger partial charge in [0.1, 0.15) is 5.69 Å². The maximum atomic E-state index is 8.61. The van der Waals surface area contributed by atoms with Crippen LogP contribution >= 0.6 is 0 Å². The van der Waals surface area contributed by atoms with Crippen molar-refractivity contribution in [2.75, 3.05) is 18.0 Å². The summed E-state index contributed by atoms with van der Waals surface area (Å²) in [6.45, 7) is 7.85. The third kappa shape index (κ3) is 3.14. The van der Waals surface area contributed by atoms with Crippen LogP contribution in [-0.4, -0.2) is 40.8 Å². The van der Waals surface area contributed by atoms with Gasteiger partial charge in [-0.15, -0.1) is 0 Å². The lowest BCUT2D eigenvalue weighted by Crippen LogP contribution is -2.52. The minimum Gasteiger partial charge on any atom is -0.409 e. The van der Waals surface area contributed by atoms with Crippen LogP contribution in [0.3, 0.4) is 0 Å². The number of nitrogens with zero attached hydrogens (tertiary/aromatic N) is 3. The average Bonchev–Trinajstić information content (AvgIpc) is 2.35. The molecule has 104 valence electrons. The average molecular weight is 264 g/mol. The zero-order valence-electron chi connectivity index (χ0n) is 11.5. The number of anilines is 1. The van der Waals surface area contributed by atoms with E-state index in [1.54, 1.807) is 12.3 Å². The summed E-state index contributed by atoms with van der Waals surface area (Å²) in [6, 6.07) is 3.67. The first-order valence-corrected chi connectivity index (χ1v) is 6.28. The SMILES string of the molecule is CC1CN(c2ccc(/C(N)=N/O)nc2)CC(C)(C)O1. The molecule has 1 aliphatic rings. The van der Waals surface area contributed by atoms with E-state index in [2.05, 4.69) is 35.8 Å². The molecule has 0 spiro atoms. The number of oxime groups is 1. The number of nitrogens with two attached hydrogens (primary N) is 1. The summed E-state index contributed by atoms with van der Waals surface area (Å²) < 4.78 is 5.87. The van der Waals surface area contributed by atoms with Crippen LogP contribution in [0.15, 0.2) is 23.5 Å². The van der Waals surface area contributed by atoms with Crippen LogP contribution < -0.4 is 10.6 Å². The first-order valence-electron chi connectivity index (χ1n) is 6.28. The number of aromatic nitrogens is 1. The molecule has 1 aromatic heterocycles. The van der Waals surface area contributed by atoms with E-state index in [1.165, 1.54) is 0 Å². The first-order chi connectivity index (χ1) is 8.91. The standard InChI is InChI=1S/C13H20N4O2/c1-9-7-17(8-13(2,3)19-9)10-4-5-11(15-6-10)12(14)16-18/h4-6,9,18H,7-8H2,1-3H3,(H2,14,16). The first kappa shape index (κ1) is 13.6. The van der Waals surface area contributed by atoms with Crippen LogP contribution in [0.5, 0.6) is 0 Å². The van der Waals surface area contributed by atoms with Crippen molar-refractivity contribution < 1.29 is 9.94 Å². The molecule has 1 saturated heterocycles. The van der Waals surface area contributed by atoms with Gasteiger partial charge in [0.05, 0.1) is 23.6 Å². The van der Waals surface area contributed by atoms with Gasteiger partial charge in [-0.2, -0.15) is 0 Å². The Balaban J connectivity index is 2.18. The highest BCUT2D eigenvalue weighted by Crippen LogP contribution is 2.25. The fourth-order valence-electron chi connectivity index (χ4n) is 2.43. The Kier molecular flexibility index (Phi) is 3.61. The van der Waals surface area contributed by atoms with Crippen LogP contribution in [0, 0.1) is 0 Å². The predicted octanol–water partition coefficient (Wildman–Crippen LogP) is 1.18. The van der Waals surface area contributed by atoms with E-state index in [4.69, 9.17) is 15.7 Å². The van der Waals surface area contributed by atoms with Gasteiger partial charge in [0.2, 0.25) is 0 Å². The highest BCUT2D eigenvalue weighted by atomic mass is 16.5. The van der Waals surface area contributed by atoms with Crippen LogP contribution in [0.1, 0.15) is 26.5 Å². The molecule has 0 bridgehead atoms. The van der Waals surface area contributed by atoms with Crippen molar-refractivity contribution in [3.05, 3.63) is 24.0 Å². The molecule has 1 fully saturated rings. The molecule has 0 saturated carbocycles. The zero-order valence-corrected chi connectivity index (χ0v) is 11.5. The fourth-order valence-corrected chi connectivity index (χ4v) is 2.43. The summed E-state index contributed by atoms with van der Waals surface area (Å²) in [6.07, 6.45) is 1.91. The topological polar surface area (TPSA) is 84.0 Å². The molecular weight excluding hydrogens is 244 g/mol. The Morgan fingerprint density at radius 3 is 2.84 bits per heavy atom. The van der Waals surface area contributed by atoms with E-state index >= 15 is 0 Å². The van der Waals surface area contributed by atoms with E-state index in [0.717, 1.165) is 18.8 Å². The molecule has 1 aromatic rings. The number of morpholine rings is 1. The summed E-state index contributed by atoms with van der Waals surface area (Å²) in [5.74, 6) is 0.0159. The molecular formula is C13H20N4O2. The van der Waals surface area contributed by atoms with E-state index < -0.39 is 0 Å². The number of amidine groups is 1. The fraction of sp³-hybridized carbons (Fsp3) is 0.538. The molecule has 19 heavy (non-hydrogen) atoms. The molecule has 1 atom stereocenters. The van der Waals surface area contributed by atoms with Crippen molar-refractivity contribution in [2.45, 2.75) is 32.5 Å². The van der Waals surface area contributed by atoms with Crippen molar-refractivity contribution in [3.8, 4) is 0 Å². The number of pyridine rings is 1. The highest BCUT2D eigenvalue weighted by Gasteiger charge is 2.31. The monoisotopic (exact) mass is 264 g/mol. The molecule has 2 rings (SSSR count). The van der Waals surface area contributed by atoms with Crippen LogP contribution in [0.25, 0.3) is 0 Å². The third-order valence-corrected chi connectivity index (χ3v) is 3.05. The Morgan fingerprint density at radius 1 is 1.58 bits per heavy atom. The summed E-state index contributed by atoms with van der Waals surface area (Å²) >= 11 is 0. The maximum Gasteiger partial charge on any atom is 0.188 e. The summed E-state index contributed by atoms with van der Waals surface area (Å²) in [5.41, 5.74) is 6.79. The molecule has 3 N–H and O–H groups in total. The largest absolute Gasteiger partial charge is 0.409 e. The van der Waals surface area contributed by atoms with Gasteiger partial charge in [-0.05, 0) is 32.9 Å². The Hall–Kier alpha value is -1.82. The quantitative estimate of drug-likeness (QED) is 0.363. The van der Waals surface area contributed by atoms with E-state index in [9.17, 15) is 0 Å². The summed E-state index contributed by atoms with van der Waals surface area (Å²) in [4.78, 5) is 6.43. The molecule has 1 unspecified atom stereocenters. The second kappa shape index (κ2) is 5.05. The van der Waals surface area contributed by atoms with Gasteiger partial charge in [0, 0.05) is 13.1 Å². The lowest BCUT2D eigenvalue weighted by Gasteiger charge is -2.42. The van der Waals surface area contributed by atoms with Gasteiger partial charge in [0.15, 0.2) is 5.84 Å². The van der Waals surface area contributed by atoms with Gasteiger partial charge in [-0.3, -0.25) is 4.98 Å². The molecule has 2 heterocycles. The molecule has 1 aliphatic heterocycles. The lowest BCUT2D eigenvalue weighted by atomic mass is 10.1. The van der Waals surface area contributed by atoms with Gasteiger partial charge in [0.25, 0.3) is 0 Å². The second-order valence-electron chi connectivity index (χ2n) is 5.46. The molecule has 0 aliphatic carbocycles. The minimum absolute atomic E-state index is 0.0159. The van der Waals surface area contributed by atoms with Gasteiger partial charge < -0.3 is 20.6 Å².